The maximum Gasteiger partial charge on any atom is 0.102 e. The van der Waals surface area contributed by atoms with E-state index < -0.39 is 12.2 Å². The number of aliphatic hydroxyl groups is 2. The third-order valence-electron chi connectivity index (χ3n) is 1.36. The minimum Gasteiger partial charge on any atom is -0.386 e. The summed E-state index contributed by atoms with van der Waals surface area (Å²) in [5.41, 5.74) is 2.01. The summed E-state index contributed by atoms with van der Waals surface area (Å²) in [6.07, 6.45) is 1.71. The highest BCUT2D eigenvalue weighted by molar-refractivity contribution is 5.07. The Hall–Kier alpha value is -0.600. The van der Waals surface area contributed by atoms with E-state index in [9.17, 15) is 10.2 Å². The van der Waals surface area contributed by atoms with Crippen LogP contribution in [0.3, 0.4) is 0 Å². The Kier molecular flexibility index (Phi) is 4.86. The number of rotatable bonds is 3. The van der Waals surface area contributed by atoms with Gasteiger partial charge < -0.3 is 10.2 Å². The van der Waals surface area contributed by atoms with Crippen LogP contribution in [-0.4, -0.2) is 22.4 Å². The smallest absolute Gasteiger partial charge is 0.102 e. The van der Waals surface area contributed by atoms with Crippen LogP contribution in [0, 0.1) is 0 Å². The zero-order valence-corrected chi connectivity index (χ0v) is 8.20. The molecule has 12 heavy (non-hydrogen) atoms. The fourth-order valence-electron chi connectivity index (χ4n) is 0.880. The van der Waals surface area contributed by atoms with E-state index in [0.29, 0.717) is 0 Å². The predicted molar refractivity (Wildman–Crippen MR) is 50.9 cm³/mol. The summed E-state index contributed by atoms with van der Waals surface area (Å²) < 4.78 is 0. The monoisotopic (exact) mass is 170 g/mol. The van der Waals surface area contributed by atoms with Gasteiger partial charge in [-0.3, -0.25) is 0 Å². The quantitative estimate of drug-likeness (QED) is 0.632. The van der Waals surface area contributed by atoms with Crippen molar-refractivity contribution in [3.63, 3.8) is 0 Å². The van der Waals surface area contributed by atoms with Gasteiger partial charge in [0.2, 0.25) is 0 Å². The highest BCUT2D eigenvalue weighted by atomic mass is 16.3. The van der Waals surface area contributed by atoms with Crippen molar-refractivity contribution in [2.45, 2.75) is 39.9 Å². The highest BCUT2D eigenvalue weighted by Crippen LogP contribution is 2.03. The van der Waals surface area contributed by atoms with Gasteiger partial charge in [0.05, 0.1) is 0 Å². The topological polar surface area (TPSA) is 40.5 Å². The van der Waals surface area contributed by atoms with Crippen molar-refractivity contribution >= 4 is 0 Å². The molecule has 0 fully saturated rings. The van der Waals surface area contributed by atoms with E-state index in [1.807, 2.05) is 27.7 Å². The Bertz CT molecular complexity index is 162. The lowest BCUT2D eigenvalue weighted by Crippen LogP contribution is -2.21. The fraction of sp³-hybridized carbons (Fsp3) is 0.600. The number of hydrogen-bond acceptors (Lipinski definition) is 2. The summed E-state index contributed by atoms with van der Waals surface area (Å²) in [6.45, 7) is 7.55. The number of allylic oxidation sites excluding steroid dienone is 2. The molecule has 0 bridgehead atoms. The average Bonchev–Trinajstić information content (AvgIpc) is 1.84. The van der Waals surface area contributed by atoms with E-state index in [1.165, 1.54) is 0 Å². The lowest BCUT2D eigenvalue weighted by Gasteiger charge is -2.11. The van der Waals surface area contributed by atoms with Crippen LogP contribution in [0.25, 0.3) is 0 Å². The molecule has 0 saturated carbocycles. The summed E-state index contributed by atoms with van der Waals surface area (Å²) in [7, 11) is 0. The standard InChI is InChI=1S/C10H18O2/c1-7(2)5-9(11)10(12)6-8(3)4/h5-6,9-12H,1-4H3. The fourth-order valence-corrected chi connectivity index (χ4v) is 0.880. The van der Waals surface area contributed by atoms with E-state index in [-0.39, 0.29) is 0 Å². The first-order valence-electron chi connectivity index (χ1n) is 4.09. The minimum atomic E-state index is -0.787. The van der Waals surface area contributed by atoms with E-state index in [2.05, 4.69) is 0 Å². The summed E-state index contributed by atoms with van der Waals surface area (Å²) in [5, 5.41) is 18.7. The zero-order chi connectivity index (χ0) is 9.72. The van der Waals surface area contributed by atoms with Gasteiger partial charge in [0.1, 0.15) is 12.2 Å². The molecule has 0 aromatic rings. The Morgan fingerprint density at radius 3 is 1.25 bits per heavy atom. The van der Waals surface area contributed by atoms with E-state index >= 15 is 0 Å². The molecule has 0 aliphatic rings. The maximum atomic E-state index is 9.37. The Morgan fingerprint density at radius 2 is 1.08 bits per heavy atom. The van der Waals surface area contributed by atoms with Crippen molar-refractivity contribution in [2.24, 2.45) is 0 Å². The van der Waals surface area contributed by atoms with Gasteiger partial charge in [-0.2, -0.15) is 0 Å². The minimum absolute atomic E-state index is 0.787. The third kappa shape index (κ3) is 5.10. The molecule has 0 amide bonds. The summed E-state index contributed by atoms with van der Waals surface area (Å²) in [6, 6.07) is 0. The number of aliphatic hydroxyl groups excluding tert-OH is 2. The Balaban J connectivity index is 4.20. The molecule has 0 aromatic carbocycles. The number of hydrogen-bond donors (Lipinski definition) is 2. The van der Waals surface area contributed by atoms with Crippen LogP contribution in [0.1, 0.15) is 27.7 Å². The molecule has 70 valence electrons. The SMILES string of the molecule is CC(C)=CC(O)C(O)C=C(C)C. The van der Waals surface area contributed by atoms with Crippen molar-refractivity contribution in [1.29, 1.82) is 0 Å². The van der Waals surface area contributed by atoms with Crippen molar-refractivity contribution in [2.75, 3.05) is 0 Å². The highest BCUT2D eigenvalue weighted by Gasteiger charge is 2.09. The second kappa shape index (κ2) is 5.12. The largest absolute Gasteiger partial charge is 0.386 e. The molecule has 0 aliphatic heterocycles. The van der Waals surface area contributed by atoms with E-state index in [4.69, 9.17) is 0 Å². The van der Waals surface area contributed by atoms with E-state index in [1.54, 1.807) is 12.2 Å². The third-order valence-corrected chi connectivity index (χ3v) is 1.36. The normalized spacial score (nSPS) is 14.8. The molecule has 0 spiro atoms. The molecule has 2 unspecified atom stereocenters. The Morgan fingerprint density at radius 1 is 0.833 bits per heavy atom. The molecule has 0 aromatic heterocycles. The van der Waals surface area contributed by atoms with Gasteiger partial charge in [0, 0.05) is 0 Å². The Labute approximate surface area is 74.2 Å². The molecule has 2 heteroatoms. The lowest BCUT2D eigenvalue weighted by molar-refractivity contribution is 0.0798. The first-order chi connectivity index (χ1) is 5.43. The first-order valence-corrected chi connectivity index (χ1v) is 4.09. The van der Waals surface area contributed by atoms with E-state index in [0.717, 1.165) is 11.1 Å². The van der Waals surface area contributed by atoms with Crippen LogP contribution >= 0.6 is 0 Å². The second-order valence-electron chi connectivity index (χ2n) is 3.47. The van der Waals surface area contributed by atoms with Crippen LogP contribution in [0.5, 0.6) is 0 Å². The van der Waals surface area contributed by atoms with Gasteiger partial charge in [-0.15, -0.1) is 0 Å². The summed E-state index contributed by atoms with van der Waals surface area (Å²) >= 11 is 0. The molecule has 2 N–H and O–H groups in total. The molecule has 2 nitrogen and oxygen atoms in total. The predicted octanol–water partition coefficient (Wildman–Crippen LogP) is 1.64. The maximum absolute atomic E-state index is 9.37. The van der Waals surface area contributed by atoms with Crippen molar-refractivity contribution < 1.29 is 10.2 Å². The van der Waals surface area contributed by atoms with Gasteiger partial charge in [-0.1, -0.05) is 23.3 Å². The molecule has 0 heterocycles. The van der Waals surface area contributed by atoms with Gasteiger partial charge in [-0.25, -0.2) is 0 Å². The first kappa shape index (κ1) is 11.4. The van der Waals surface area contributed by atoms with Crippen molar-refractivity contribution in [1.82, 2.24) is 0 Å². The van der Waals surface area contributed by atoms with Crippen LogP contribution in [0.4, 0.5) is 0 Å². The van der Waals surface area contributed by atoms with Gasteiger partial charge in [-0.05, 0) is 27.7 Å². The van der Waals surface area contributed by atoms with Gasteiger partial charge in [0.25, 0.3) is 0 Å². The van der Waals surface area contributed by atoms with Gasteiger partial charge in [0.15, 0.2) is 0 Å². The van der Waals surface area contributed by atoms with Crippen LogP contribution < -0.4 is 0 Å². The van der Waals surface area contributed by atoms with Crippen LogP contribution in [0.15, 0.2) is 23.3 Å². The molecule has 2 atom stereocenters. The summed E-state index contributed by atoms with van der Waals surface area (Å²) in [5.74, 6) is 0. The van der Waals surface area contributed by atoms with Crippen LogP contribution in [0.2, 0.25) is 0 Å². The molecular weight excluding hydrogens is 152 g/mol. The van der Waals surface area contributed by atoms with Gasteiger partial charge >= 0.3 is 0 Å². The molecular formula is C10H18O2. The van der Waals surface area contributed by atoms with Crippen molar-refractivity contribution in [3.05, 3.63) is 23.3 Å². The lowest BCUT2D eigenvalue weighted by atomic mass is 10.1. The van der Waals surface area contributed by atoms with Crippen LogP contribution in [-0.2, 0) is 0 Å². The zero-order valence-electron chi connectivity index (χ0n) is 8.20. The molecule has 0 radical (unpaired) electrons. The van der Waals surface area contributed by atoms with Crippen molar-refractivity contribution in [3.8, 4) is 0 Å². The molecule has 0 saturated heterocycles. The molecule has 0 aliphatic carbocycles. The second-order valence-corrected chi connectivity index (χ2v) is 3.47. The molecule has 0 rings (SSSR count). The summed E-state index contributed by atoms with van der Waals surface area (Å²) in [4.78, 5) is 0. The average molecular weight is 170 g/mol.